The third-order valence-corrected chi connectivity index (χ3v) is 13.1. The Bertz CT molecular complexity index is 1630. The first kappa shape index (κ1) is 48.6. The fourth-order valence-corrected chi connectivity index (χ4v) is 10.3. The third kappa shape index (κ3) is 19.0. The van der Waals surface area contributed by atoms with Crippen LogP contribution < -0.4 is 16.0 Å². The van der Waals surface area contributed by atoms with Crippen molar-refractivity contribution in [1.29, 1.82) is 0 Å². The number of esters is 2. The van der Waals surface area contributed by atoms with Crippen molar-refractivity contribution in [2.75, 3.05) is 38.7 Å². The number of Topliss-reactive ketones (excluding diaryl/α,β-unsaturated/α-hetero) is 1. The number of nitrogens with zero attached hydrogens (tertiary/aromatic N) is 1. The molecular formula is C43H63BrN4O9S2. The van der Waals surface area contributed by atoms with E-state index in [0.29, 0.717) is 83.2 Å². The molecular weight excluding hydrogens is 861 g/mol. The van der Waals surface area contributed by atoms with Crippen LogP contribution in [0.1, 0.15) is 115 Å². The highest BCUT2D eigenvalue weighted by molar-refractivity contribution is 9.11. The van der Waals surface area contributed by atoms with E-state index in [1.54, 1.807) is 6.08 Å². The number of thioether (sulfide) groups is 1. The van der Waals surface area contributed by atoms with E-state index in [1.807, 2.05) is 50.1 Å². The van der Waals surface area contributed by atoms with Crippen LogP contribution >= 0.6 is 39.0 Å². The quantitative estimate of drug-likeness (QED) is 0.0726. The number of thiazole rings is 1. The highest BCUT2D eigenvalue weighted by Gasteiger charge is 2.42. The fraction of sp³-hybridized carbons (Fsp3) is 0.674. The van der Waals surface area contributed by atoms with E-state index in [4.69, 9.17) is 23.9 Å². The minimum atomic E-state index is -0.489. The van der Waals surface area contributed by atoms with E-state index < -0.39 is 12.1 Å². The van der Waals surface area contributed by atoms with Gasteiger partial charge in [0.1, 0.15) is 18.0 Å². The van der Waals surface area contributed by atoms with Gasteiger partial charge in [0.2, 0.25) is 5.91 Å². The predicted octanol–water partition coefficient (Wildman–Crippen LogP) is 7.24. The zero-order chi connectivity index (χ0) is 42.6. The molecule has 0 saturated carbocycles. The number of cyclic esters (lactones) is 2. The standard InChI is InChI=1S/C43H63BrN4O9S2/c1-28-9-7-13-40(51)57-34(23-30(3)44)25-39-46-35(26-59-39)29(2)22-32(24-41(52)56-31(4)21-28)14-15-38(50)45-16-18-55-20-19-54-17-8-11-33(49)10-5-6-12-37-42-36(27-58-37)47-43(53)48-42/h7,9,13,23,26,29,31-32,34,36-37,42H,5-6,8,10-12,14-22,24-25,27H2,1-4H3,(H,45,50)(H2,47,48,53)/b13-7-,28-9+,30-23+/t29-,31-,32?,34+,36?,37-,42?/m0/s1. The molecule has 0 radical (unpaired) electrons. The molecule has 2 saturated heterocycles. The Balaban J connectivity index is 1.11. The lowest BCUT2D eigenvalue weighted by Crippen LogP contribution is -2.36. The Morgan fingerprint density at radius 1 is 0.983 bits per heavy atom. The second-order valence-electron chi connectivity index (χ2n) is 15.8. The molecule has 7 atom stereocenters. The summed E-state index contributed by atoms with van der Waals surface area (Å²) in [5.74, 6) is 0.283. The molecule has 59 heavy (non-hydrogen) atoms. The maximum absolute atomic E-state index is 13.1. The number of carbonyl (C=O) groups excluding carboxylic acids is 5. The van der Waals surface area contributed by atoms with Crippen molar-refractivity contribution in [3.63, 3.8) is 0 Å². The number of amides is 3. The van der Waals surface area contributed by atoms with Gasteiger partial charge in [0, 0.05) is 74.1 Å². The van der Waals surface area contributed by atoms with Gasteiger partial charge in [0.25, 0.3) is 0 Å². The van der Waals surface area contributed by atoms with Gasteiger partial charge in [0.15, 0.2) is 0 Å². The van der Waals surface area contributed by atoms with Crippen LogP contribution in [0.15, 0.2) is 39.7 Å². The second kappa shape index (κ2) is 26.3. The first-order chi connectivity index (χ1) is 28.3. The highest BCUT2D eigenvalue weighted by atomic mass is 79.9. The van der Waals surface area contributed by atoms with Gasteiger partial charge in [-0.1, -0.05) is 47.0 Å². The van der Waals surface area contributed by atoms with Gasteiger partial charge in [-0.2, -0.15) is 11.8 Å². The van der Waals surface area contributed by atoms with Gasteiger partial charge in [-0.05, 0) is 75.3 Å². The summed E-state index contributed by atoms with van der Waals surface area (Å²) >= 11 is 6.87. The molecule has 4 heterocycles. The Hall–Kier alpha value is -3.05. The Morgan fingerprint density at radius 2 is 1.76 bits per heavy atom. The van der Waals surface area contributed by atoms with Crippen LogP contribution in [0.4, 0.5) is 4.79 Å². The normalized spacial score (nSPS) is 27.1. The largest absolute Gasteiger partial charge is 0.462 e. The first-order valence-corrected chi connectivity index (χ1v) is 23.7. The number of unbranched alkanes of at least 4 members (excludes halogenated alkanes) is 1. The number of urea groups is 1. The van der Waals surface area contributed by atoms with Crippen molar-refractivity contribution < 1.29 is 42.9 Å². The smallest absolute Gasteiger partial charge is 0.331 e. The van der Waals surface area contributed by atoms with Gasteiger partial charge >= 0.3 is 18.0 Å². The van der Waals surface area contributed by atoms with E-state index >= 15 is 0 Å². The van der Waals surface area contributed by atoms with Crippen LogP contribution in [-0.4, -0.2) is 103 Å². The van der Waals surface area contributed by atoms with Gasteiger partial charge in [-0.3, -0.25) is 14.4 Å². The maximum atomic E-state index is 13.1. The number of carbonyl (C=O) groups is 5. The van der Waals surface area contributed by atoms with Crippen LogP contribution in [0.5, 0.6) is 0 Å². The number of rotatable bonds is 19. The van der Waals surface area contributed by atoms with Gasteiger partial charge in [0.05, 0.1) is 42.6 Å². The lowest BCUT2D eigenvalue weighted by Gasteiger charge is -2.21. The number of hydrogen-bond donors (Lipinski definition) is 3. The summed E-state index contributed by atoms with van der Waals surface area (Å²) in [6.07, 6.45) is 13.1. The number of hydrogen-bond acceptors (Lipinski definition) is 12. The molecule has 3 aliphatic rings. The summed E-state index contributed by atoms with van der Waals surface area (Å²) in [7, 11) is 0. The summed E-state index contributed by atoms with van der Waals surface area (Å²) < 4.78 is 23.6. The van der Waals surface area contributed by atoms with Gasteiger partial charge in [-0.25, -0.2) is 14.6 Å². The Morgan fingerprint density at radius 3 is 2.56 bits per heavy atom. The number of aromatic nitrogens is 1. The molecule has 0 spiro atoms. The minimum absolute atomic E-state index is 0.0288. The first-order valence-electron chi connectivity index (χ1n) is 21.0. The van der Waals surface area contributed by atoms with Crippen LogP contribution in [-0.2, 0) is 44.5 Å². The molecule has 1 aromatic heterocycles. The zero-order valence-corrected chi connectivity index (χ0v) is 38.2. The second-order valence-corrected chi connectivity index (χ2v) is 19.3. The van der Waals surface area contributed by atoms with Crippen molar-refractivity contribution in [2.45, 2.75) is 140 Å². The van der Waals surface area contributed by atoms with Crippen molar-refractivity contribution >= 4 is 68.7 Å². The van der Waals surface area contributed by atoms with E-state index in [0.717, 1.165) is 45.8 Å². The summed E-state index contributed by atoms with van der Waals surface area (Å²) in [4.78, 5) is 67.2. The van der Waals surface area contributed by atoms with Crippen molar-refractivity contribution in [3.05, 3.63) is 50.4 Å². The molecule has 2 bridgehead atoms. The van der Waals surface area contributed by atoms with Crippen LogP contribution in [0.2, 0.25) is 0 Å². The molecule has 328 valence electrons. The summed E-state index contributed by atoms with van der Waals surface area (Å²) in [6.45, 7) is 9.75. The molecule has 0 aliphatic carbocycles. The van der Waals surface area contributed by atoms with Gasteiger partial charge < -0.3 is 34.9 Å². The lowest BCUT2D eigenvalue weighted by molar-refractivity contribution is -0.149. The van der Waals surface area contributed by atoms with E-state index in [9.17, 15) is 24.0 Å². The van der Waals surface area contributed by atoms with E-state index in [2.05, 4.69) is 38.8 Å². The molecule has 13 nitrogen and oxygen atoms in total. The maximum Gasteiger partial charge on any atom is 0.331 e. The summed E-state index contributed by atoms with van der Waals surface area (Å²) in [6, 6.07) is 0.380. The topological polar surface area (TPSA) is 171 Å². The van der Waals surface area contributed by atoms with Crippen molar-refractivity contribution in [1.82, 2.24) is 20.9 Å². The summed E-state index contributed by atoms with van der Waals surface area (Å²) in [5.41, 5.74) is 1.85. The van der Waals surface area contributed by atoms with E-state index in [-0.39, 0.29) is 66.6 Å². The number of allylic oxidation sites excluding steroid dienone is 3. The number of halogens is 1. The minimum Gasteiger partial charge on any atom is -0.462 e. The molecule has 1 aromatic rings. The summed E-state index contributed by atoms with van der Waals surface area (Å²) in [5, 5.41) is 12.2. The van der Waals surface area contributed by atoms with E-state index in [1.165, 1.54) is 17.4 Å². The van der Waals surface area contributed by atoms with Crippen molar-refractivity contribution in [3.8, 4) is 0 Å². The lowest BCUT2D eigenvalue weighted by atomic mass is 9.88. The molecule has 3 amide bonds. The van der Waals surface area contributed by atoms with Crippen LogP contribution in [0.25, 0.3) is 0 Å². The average molecular weight is 924 g/mol. The molecule has 3 unspecified atom stereocenters. The molecule has 3 N–H and O–H groups in total. The number of ketones is 1. The SMILES string of the molecule is C/C(Br)=C\[C@@H]1Cc2nc(cs2)[C@@H](C)CC(CCC(=O)NCCOCCOCCCC(=O)CCCC[C@@H]2SCC3NC(=O)NC32)CC(=O)O[C@@H](C)C/C(C)=C/C=C\C(=O)O1. The monoisotopic (exact) mass is 922 g/mol. The third-order valence-electron chi connectivity index (χ3n) is 10.4. The zero-order valence-electron chi connectivity index (χ0n) is 35.0. The fourth-order valence-electron chi connectivity index (χ4n) is 7.50. The number of fused-ring (bicyclic) bond motifs is 3. The predicted molar refractivity (Wildman–Crippen MR) is 235 cm³/mol. The number of nitrogens with one attached hydrogen (secondary N) is 3. The number of ether oxygens (including phenoxy) is 4. The average Bonchev–Trinajstić information content (AvgIpc) is 3.88. The van der Waals surface area contributed by atoms with Crippen LogP contribution in [0.3, 0.4) is 0 Å². The highest BCUT2D eigenvalue weighted by Crippen LogP contribution is 2.33. The van der Waals surface area contributed by atoms with Crippen LogP contribution in [0, 0.1) is 5.92 Å². The molecule has 0 aromatic carbocycles. The molecule has 16 heteroatoms. The molecule has 3 aliphatic heterocycles. The Kier molecular flexibility index (Phi) is 21.7. The van der Waals surface area contributed by atoms with Crippen molar-refractivity contribution in [2.24, 2.45) is 5.92 Å². The van der Waals surface area contributed by atoms with Gasteiger partial charge in [-0.15, -0.1) is 11.3 Å². The Labute approximate surface area is 366 Å². The molecule has 4 rings (SSSR count). The molecule has 2 fully saturated rings.